The van der Waals surface area contributed by atoms with Gasteiger partial charge in [-0.2, -0.15) is 10.2 Å². The van der Waals surface area contributed by atoms with E-state index in [4.69, 9.17) is 11.6 Å². The van der Waals surface area contributed by atoms with Crippen LogP contribution >= 0.6 is 11.6 Å². The Kier molecular flexibility index (Phi) is 3.68. The first-order chi connectivity index (χ1) is 14.6. The number of piperidine rings is 1. The van der Waals surface area contributed by atoms with Crippen LogP contribution in [-0.4, -0.2) is 54.4 Å². The summed E-state index contributed by atoms with van der Waals surface area (Å²) < 4.78 is 14.6. The topological polar surface area (TPSA) is 88.8 Å². The van der Waals surface area contributed by atoms with E-state index in [-0.39, 0.29) is 34.7 Å². The zero-order valence-corrected chi connectivity index (χ0v) is 16.5. The molecule has 6 rings (SSSR count). The lowest BCUT2D eigenvalue weighted by molar-refractivity contribution is 0.0471. The largest absolute Gasteiger partial charge is 0.364 e. The van der Waals surface area contributed by atoms with Gasteiger partial charge in [-0.1, -0.05) is 17.7 Å². The maximum absolute atomic E-state index is 14.6. The fraction of sp³-hybridized carbons (Fsp3) is 0.350. The first-order valence-electron chi connectivity index (χ1n) is 9.77. The lowest BCUT2D eigenvalue weighted by Gasteiger charge is -2.48. The van der Waals surface area contributed by atoms with Gasteiger partial charge in [0.2, 0.25) is 0 Å². The summed E-state index contributed by atoms with van der Waals surface area (Å²) in [6, 6.07) is 4.59. The van der Waals surface area contributed by atoms with Crippen LogP contribution in [0.3, 0.4) is 0 Å². The van der Waals surface area contributed by atoms with Gasteiger partial charge in [0.1, 0.15) is 16.7 Å². The van der Waals surface area contributed by atoms with Crippen LogP contribution in [-0.2, 0) is 0 Å². The normalized spacial score (nSPS) is 28.5. The summed E-state index contributed by atoms with van der Waals surface area (Å²) in [7, 11) is 0. The number of amides is 1. The predicted octanol–water partition coefficient (Wildman–Crippen LogP) is 2.56. The molecule has 1 saturated heterocycles. The van der Waals surface area contributed by atoms with Crippen molar-refractivity contribution < 1.29 is 9.18 Å². The van der Waals surface area contributed by atoms with Gasteiger partial charge in [0.05, 0.1) is 36.4 Å². The predicted molar refractivity (Wildman–Crippen MR) is 106 cm³/mol. The Morgan fingerprint density at radius 1 is 1.20 bits per heavy atom. The van der Waals surface area contributed by atoms with E-state index >= 15 is 0 Å². The molecule has 0 radical (unpaired) electrons. The molecule has 10 heteroatoms. The van der Waals surface area contributed by atoms with Crippen molar-refractivity contribution in [1.82, 2.24) is 29.9 Å². The molecule has 3 heterocycles. The number of likely N-dealkylation sites (tertiary alicyclic amines) is 1. The summed E-state index contributed by atoms with van der Waals surface area (Å²) >= 11 is 5.82. The van der Waals surface area contributed by atoms with Crippen molar-refractivity contribution in [3.05, 3.63) is 59.5 Å². The van der Waals surface area contributed by atoms with E-state index in [2.05, 4.69) is 25.5 Å². The van der Waals surface area contributed by atoms with Crippen LogP contribution < -0.4 is 5.32 Å². The van der Waals surface area contributed by atoms with Crippen molar-refractivity contribution >= 4 is 23.3 Å². The Morgan fingerprint density at radius 3 is 2.80 bits per heavy atom. The lowest BCUT2D eigenvalue weighted by Crippen LogP contribution is -2.60. The zero-order valence-electron chi connectivity index (χ0n) is 15.7. The Labute approximate surface area is 176 Å². The number of hydrogen-bond donors (Lipinski definition) is 1. The number of nitrogens with one attached hydrogen (secondary N) is 1. The van der Waals surface area contributed by atoms with E-state index in [1.165, 1.54) is 24.7 Å². The summed E-state index contributed by atoms with van der Waals surface area (Å²) in [6.45, 7) is 0.677. The maximum atomic E-state index is 14.6. The smallest absolute Gasteiger partial charge is 0.256 e. The monoisotopic (exact) mass is 425 g/mol. The molecule has 1 aliphatic heterocycles. The highest BCUT2D eigenvalue weighted by Crippen LogP contribution is 2.71. The molecule has 0 bridgehead atoms. The minimum Gasteiger partial charge on any atom is -0.364 e. The molecule has 2 aliphatic carbocycles. The Morgan fingerprint density at radius 2 is 2.03 bits per heavy atom. The third-order valence-corrected chi connectivity index (χ3v) is 6.85. The summed E-state index contributed by atoms with van der Waals surface area (Å²) in [5.74, 6) is 0.395. The van der Waals surface area contributed by atoms with Crippen LogP contribution in [0.15, 0.2) is 43.0 Å². The Balaban J connectivity index is 1.31. The first kappa shape index (κ1) is 17.8. The standard InChI is InChI=1S/C20H17ClFN7O/c21-15-8-24-16(9-23-15)27-14-7-20-6-11(20)10-28(18(14)20)19(30)12-2-1-3-13(22)17(12)29-25-4-5-26-29/h1-5,8-9,11,14,18H,6-7,10H2,(H,24,27). The molecule has 152 valence electrons. The summed E-state index contributed by atoms with van der Waals surface area (Å²) in [5.41, 5.74) is 0.513. The van der Waals surface area contributed by atoms with Gasteiger partial charge >= 0.3 is 0 Å². The SMILES string of the molecule is O=C(c1cccc(F)c1-n1nccn1)N1CC2CC23CC(Nc2cnc(Cl)cn2)C13. The number of para-hydroxylation sites is 1. The zero-order chi connectivity index (χ0) is 20.5. The van der Waals surface area contributed by atoms with Gasteiger partial charge in [0, 0.05) is 12.6 Å². The van der Waals surface area contributed by atoms with E-state index in [1.807, 2.05) is 4.90 Å². The highest BCUT2D eigenvalue weighted by molar-refractivity contribution is 6.29. The van der Waals surface area contributed by atoms with Crippen molar-refractivity contribution in [1.29, 1.82) is 0 Å². The first-order valence-corrected chi connectivity index (χ1v) is 10.1. The number of halogens is 2. The molecule has 8 nitrogen and oxygen atoms in total. The van der Waals surface area contributed by atoms with Gasteiger partial charge in [-0.15, -0.1) is 4.80 Å². The number of aromatic nitrogens is 5. The Hall–Kier alpha value is -3.07. The quantitative estimate of drug-likeness (QED) is 0.691. The fourth-order valence-electron chi connectivity index (χ4n) is 5.31. The van der Waals surface area contributed by atoms with Crippen LogP contribution in [0.2, 0.25) is 5.15 Å². The minimum atomic E-state index is -0.532. The van der Waals surface area contributed by atoms with Crippen molar-refractivity contribution in [2.24, 2.45) is 11.3 Å². The average molecular weight is 426 g/mol. The number of nitrogens with zero attached hydrogens (tertiary/aromatic N) is 6. The number of anilines is 1. The van der Waals surface area contributed by atoms with Crippen molar-refractivity contribution in [2.45, 2.75) is 24.9 Å². The molecule has 3 fully saturated rings. The van der Waals surface area contributed by atoms with Crippen molar-refractivity contribution in [2.75, 3.05) is 11.9 Å². The van der Waals surface area contributed by atoms with E-state index in [0.717, 1.165) is 17.6 Å². The number of rotatable bonds is 4. The van der Waals surface area contributed by atoms with Crippen LogP contribution in [0, 0.1) is 17.2 Å². The molecule has 3 aliphatic rings. The number of hydrogen-bond acceptors (Lipinski definition) is 6. The average Bonchev–Trinajstić information content (AvgIpc) is 3.09. The lowest BCUT2D eigenvalue weighted by atomic mass is 9.71. The number of carbonyl (C=O) groups is 1. The molecule has 30 heavy (non-hydrogen) atoms. The highest BCUT2D eigenvalue weighted by atomic mass is 35.5. The van der Waals surface area contributed by atoms with Crippen molar-refractivity contribution in [3.8, 4) is 5.69 Å². The molecule has 4 atom stereocenters. The molecular formula is C20H17ClFN7O. The fourth-order valence-corrected chi connectivity index (χ4v) is 5.41. The molecule has 1 spiro atoms. The van der Waals surface area contributed by atoms with Crippen LogP contribution in [0.1, 0.15) is 23.2 Å². The van der Waals surface area contributed by atoms with Gasteiger partial charge in [-0.25, -0.2) is 14.4 Å². The molecule has 4 unspecified atom stereocenters. The van der Waals surface area contributed by atoms with Gasteiger partial charge in [-0.3, -0.25) is 4.79 Å². The summed E-state index contributed by atoms with van der Waals surface area (Å²) in [4.78, 5) is 24.9. The molecule has 1 N–H and O–H groups in total. The maximum Gasteiger partial charge on any atom is 0.256 e. The van der Waals surface area contributed by atoms with Crippen LogP contribution in [0.4, 0.5) is 10.2 Å². The second-order valence-corrected chi connectivity index (χ2v) is 8.56. The molecule has 2 aromatic heterocycles. The second kappa shape index (κ2) is 6.21. The van der Waals surface area contributed by atoms with E-state index in [9.17, 15) is 9.18 Å². The van der Waals surface area contributed by atoms with Crippen molar-refractivity contribution in [3.63, 3.8) is 0 Å². The molecule has 1 aromatic carbocycles. The summed E-state index contributed by atoms with van der Waals surface area (Å²) in [6.07, 6.45) is 8.11. The molecule has 3 aromatic rings. The van der Waals surface area contributed by atoms with Crippen LogP contribution in [0.25, 0.3) is 5.69 Å². The number of benzene rings is 1. The van der Waals surface area contributed by atoms with E-state index in [0.29, 0.717) is 23.4 Å². The minimum absolute atomic E-state index is 0.0363. The van der Waals surface area contributed by atoms with Gasteiger partial charge < -0.3 is 10.2 Å². The van der Waals surface area contributed by atoms with Crippen LogP contribution in [0.5, 0.6) is 0 Å². The third kappa shape index (κ3) is 2.48. The third-order valence-electron chi connectivity index (χ3n) is 6.65. The number of carbonyl (C=O) groups excluding carboxylic acids is 1. The molecular weight excluding hydrogens is 409 g/mol. The molecule has 1 amide bonds. The molecule has 2 saturated carbocycles. The summed E-state index contributed by atoms with van der Waals surface area (Å²) in [5, 5.41) is 11.8. The highest BCUT2D eigenvalue weighted by Gasteiger charge is 2.75. The van der Waals surface area contributed by atoms with Gasteiger partial charge in [-0.05, 0) is 36.3 Å². The van der Waals surface area contributed by atoms with E-state index in [1.54, 1.807) is 18.3 Å². The second-order valence-electron chi connectivity index (χ2n) is 8.17. The Bertz CT molecular complexity index is 1140. The van der Waals surface area contributed by atoms with E-state index < -0.39 is 5.82 Å². The van der Waals surface area contributed by atoms with Gasteiger partial charge in [0.15, 0.2) is 5.82 Å². The van der Waals surface area contributed by atoms with Gasteiger partial charge in [0.25, 0.3) is 5.91 Å².